The fourth-order valence-electron chi connectivity index (χ4n) is 5.62. The molecule has 0 saturated heterocycles. The van der Waals surface area contributed by atoms with Gasteiger partial charge in [-0.05, 0) is 87.5 Å². The Kier molecular flexibility index (Phi) is 13.2. The minimum atomic E-state index is -0.907. The molecule has 0 aromatic rings. The van der Waals surface area contributed by atoms with Crippen LogP contribution < -0.4 is 0 Å². The molecular weight excluding hydrogens is 546 g/mol. The van der Waals surface area contributed by atoms with Crippen LogP contribution in [0.4, 0.5) is 0 Å². The van der Waals surface area contributed by atoms with Gasteiger partial charge in [-0.1, -0.05) is 135 Å². The third-order valence-electron chi connectivity index (χ3n) is 8.31. The predicted molar refractivity (Wildman–Crippen MR) is 185 cm³/mol. The summed E-state index contributed by atoms with van der Waals surface area (Å²) in [4.78, 5) is 24.5. The lowest BCUT2D eigenvalue weighted by Crippen LogP contribution is -2.35. The van der Waals surface area contributed by atoms with Gasteiger partial charge in [0.1, 0.15) is 12.2 Å². The quantitative estimate of drug-likeness (QED) is 0.195. The first kappa shape index (κ1) is 36.6. The number of aliphatic hydroxyl groups excluding tert-OH is 2. The standard InChI is InChI=1S/C40H52O4/c1-27(17-13-19-29(3)21-23-33-31(5)37(43)35(41)25-39(33,7)8)15-11-12-16-28(2)18-14-20-30(4)22-24-34-32(6)38(44)36(42)26-40(34,9)10/h11-24,35-36,41-42H,25-26H2,1-10H3/b12-11+,17-13+,18-14+,23-21+,24-22+,27-15+,28-16+,29-19+,30-20+/t35-,36-/m0/s1/i11+1,12+1. The van der Waals surface area contributed by atoms with Crippen LogP contribution in [0, 0.1) is 10.8 Å². The van der Waals surface area contributed by atoms with Crippen molar-refractivity contribution in [2.45, 2.75) is 94.3 Å². The lowest BCUT2D eigenvalue weighted by Gasteiger charge is -2.34. The second kappa shape index (κ2) is 15.9. The normalized spacial score (nSPS) is 24.5. The molecule has 2 N–H and O–H groups in total. The van der Waals surface area contributed by atoms with Crippen molar-refractivity contribution in [1.29, 1.82) is 0 Å². The number of aliphatic hydroxyl groups is 2. The number of allylic oxidation sites excluding steroid dienone is 20. The highest BCUT2D eigenvalue weighted by molar-refractivity contribution is 6.01. The van der Waals surface area contributed by atoms with E-state index in [0.29, 0.717) is 24.0 Å². The summed E-state index contributed by atoms with van der Waals surface area (Å²) in [6, 6.07) is 0. The van der Waals surface area contributed by atoms with Crippen molar-refractivity contribution in [3.8, 4) is 0 Å². The number of carbonyl (C=O) groups is 2. The van der Waals surface area contributed by atoms with E-state index in [0.717, 1.165) is 33.4 Å². The molecule has 2 rings (SSSR count). The molecule has 0 heterocycles. The Bertz CT molecular complexity index is 1340. The molecule has 44 heavy (non-hydrogen) atoms. The number of hydrogen-bond donors (Lipinski definition) is 2. The molecular formula is C40H52O4. The van der Waals surface area contributed by atoms with Crippen molar-refractivity contribution in [2.75, 3.05) is 0 Å². The maximum absolute atomic E-state index is 12.2. The minimum absolute atomic E-state index is 0.175. The molecule has 2 aliphatic carbocycles. The summed E-state index contributed by atoms with van der Waals surface area (Å²) in [6.45, 7) is 20.0. The molecule has 0 fully saturated rings. The van der Waals surface area contributed by atoms with Gasteiger partial charge in [-0.25, -0.2) is 0 Å². The molecule has 0 aliphatic heterocycles. The maximum atomic E-state index is 12.2. The second-order valence-corrected chi connectivity index (χ2v) is 13.4. The lowest BCUT2D eigenvalue weighted by atomic mass is 9.71. The molecule has 4 nitrogen and oxygen atoms in total. The third-order valence-corrected chi connectivity index (χ3v) is 8.31. The number of ketones is 2. The third kappa shape index (κ3) is 10.5. The van der Waals surface area contributed by atoms with Crippen LogP contribution in [-0.2, 0) is 9.59 Å². The summed E-state index contributed by atoms with van der Waals surface area (Å²) in [5, 5.41) is 20.0. The maximum Gasteiger partial charge on any atom is 0.187 e. The smallest absolute Gasteiger partial charge is 0.187 e. The largest absolute Gasteiger partial charge is 0.385 e. The van der Waals surface area contributed by atoms with E-state index >= 15 is 0 Å². The van der Waals surface area contributed by atoms with Crippen LogP contribution in [0.3, 0.4) is 0 Å². The van der Waals surface area contributed by atoms with Crippen molar-refractivity contribution in [3.63, 3.8) is 0 Å². The summed E-state index contributed by atoms with van der Waals surface area (Å²) < 4.78 is 0. The molecule has 236 valence electrons. The van der Waals surface area contributed by atoms with E-state index in [1.54, 1.807) is 13.8 Å². The molecule has 0 saturated carbocycles. The van der Waals surface area contributed by atoms with Crippen molar-refractivity contribution in [3.05, 3.63) is 130 Å². The van der Waals surface area contributed by atoms with Crippen molar-refractivity contribution in [1.82, 2.24) is 0 Å². The molecule has 2 aliphatic rings. The minimum Gasteiger partial charge on any atom is -0.385 e. The lowest BCUT2D eigenvalue weighted by molar-refractivity contribution is -0.126. The number of carbonyl (C=O) groups excluding carboxylic acids is 2. The Hall–Kier alpha value is -3.60. The zero-order valence-corrected chi connectivity index (χ0v) is 28.4. The Morgan fingerprint density at radius 1 is 0.568 bits per heavy atom. The Labute approximate surface area is 265 Å². The summed E-state index contributed by atoms with van der Waals surface area (Å²) in [6.07, 6.45) is 27.5. The Morgan fingerprint density at radius 3 is 1.20 bits per heavy atom. The van der Waals surface area contributed by atoms with E-state index in [1.165, 1.54) is 0 Å². The number of hydrogen-bond acceptors (Lipinski definition) is 4. The predicted octanol–water partition coefficient (Wildman–Crippen LogP) is 8.91. The van der Waals surface area contributed by atoms with Gasteiger partial charge in [0.15, 0.2) is 11.6 Å². The molecule has 0 amide bonds. The van der Waals surface area contributed by atoms with Crippen LogP contribution in [0.25, 0.3) is 0 Å². The molecule has 0 spiro atoms. The van der Waals surface area contributed by atoms with Crippen LogP contribution in [0.15, 0.2) is 130 Å². The fraction of sp³-hybridized carbons (Fsp3) is 0.400. The first-order chi connectivity index (χ1) is 20.5. The fourth-order valence-corrected chi connectivity index (χ4v) is 5.62. The van der Waals surface area contributed by atoms with Gasteiger partial charge in [0.2, 0.25) is 0 Å². The van der Waals surface area contributed by atoms with Gasteiger partial charge in [0.05, 0.1) is 0 Å². The first-order valence-corrected chi connectivity index (χ1v) is 15.4. The van der Waals surface area contributed by atoms with E-state index in [1.807, 2.05) is 74.6 Å². The molecule has 0 bridgehead atoms. The highest BCUT2D eigenvalue weighted by atomic mass is 16.3. The highest BCUT2D eigenvalue weighted by Gasteiger charge is 2.37. The van der Waals surface area contributed by atoms with Gasteiger partial charge in [0.25, 0.3) is 0 Å². The van der Waals surface area contributed by atoms with Crippen LogP contribution in [0.5, 0.6) is 0 Å². The molecule has 4 heteroatoms. The summed E-state index contributed by atoms with van der Waals surface area (Å²) in [7, 11) is 0. The van der Waals surface area contributed by atoms with E-state index in [-0.39, 0.29) is 22.4 Å². The number of rotatable bonds is 10. The Morgan fingerprint density at radius 2 is 0.864 bits per heavy atom. The van der Waals surface area contributed by atoms with Crippen molar-refractivity contribution < 1.29 is 19.8 Å². The average molecular weight is 599 g/mol. The first-order valence-electron chi connectivity index (χ1n) is 15.4. The topological polar surface area (TPSA) is 74.6 Å². The zero-order chi connectivity index (χ0) is 33.2. The summed E-state index contributed by atoms with van der Waals surface area (Å²) in [5.74, 6) is -0.350. The van der Waals surface area contributed by atoms with Crippen molar-refractivity contribution >= 4 is 11.6 Å². The van der Waals surface area contributed by atoms with E-state index < -0.39 is 12.2 Å². The van der Waals surface area contributed by atoms with Crippen molar-refractivity contribution in [2.24, 2.45) is 10.8 Å². The summed E-state index contributed by atoms with van der Waals surface area (Å²) >= 11 is 0. The van der Waals surface area contributed by atoms with Crippen LogP contribution >= 0.6 is 0 Å². The van der Waals surface area contributed by atoms with Gasteiger partial charge in [-0.15, -0.1) is 0 Å². The van der Waals surface area contributed by atoms with E-state index in [2.05, 4.69) is 65.8 Å². The van der Waals surface area contributed by atoms with Crippen LogP contribution in [-0.4, -0.2) is 34.0 Å². The van der Waals surface area contributed by atoms with Crippen LogP contribution in [0.1, 0.15) is 82.1 Å². The molecule has 0 aromatic carbocycles. The van der Waals surface area contributed by atoms with Gasteiger partial charge >= 0.3 is 0 Å². The molecule has 0 unspecified atom stereocenters. The van der Waals surface area contributed by atoms with Gasteiger partial charge < -0.3 is 10.2 Å². The molecule has 0 aromatic heterocycles. The average Bonchev–Trinajstić information content (AvgIpc) is 2.92. The Balaban J connectivity index is 1.95. The second-order valence-electron chi connectivity index (χ2n) is 13.4. The zero-order valence-electron chi connectivity index (χ0n) is 28.4. The van der Waals surface area contributed by atoms with Gasteiger partial charge in [-0.2, -0.15) is 0 Å². The van der Waals surface area contributed by atoms with Gasteiger partial charge in [0, 0.05) is 0 Å². The molecule has 0 radical (unpaired) electrons. The van der Waals surface area contributed by atoms with E-state index in [9.17, 15) is 19.8 Å². The monoisotopic (exact) mass is 598 g/mol. The molecule has 2 atom stereocenters. The van der Waals surface area contributed by atoms with E-state index in [4.69, 9.17) is 0 Å². The SMILES string of the molecule is CC1=C(/C=C/C(C)=C/C=C/C(C)=C/[13CH]=[13CH]/C=C(C)/C=C/C=C(C)/C=C/C2=C(C)C(=O)[C@@H](O)CC2(C)C)C(C)(C)C[C@H](O)C1=O. The summed E-state index contributed by atoms with van der Waals surface area (Å²) in [5.41, 5.74) is 7.16. The van der Waals surface area contributed by atoms with Crippen LogP contribution in [0.2, 0.25) is 0 Å². The number of Topliss-reactive ketones (excluding diaryl/α,β-unsaturated/α-hetero) is 2. The highest BCUT2D eigenvalue weighted by Crippen LogP contribution is 2.40. The van der Waals surface area contributed by atoms with Gasteiger partial charge in [-0.3, -0.25) is 9.59 Å².